The quantitative estimate of drug-likeness (QED) is 0.864. The number of hydrogen-bond acceptors (Lipinski definition) is 7. The van der Waals surface area contributed by atoms with Gasteiger partial charge in [-0.1, -0.05) is 11.3 Å². The summed E-state index contributed by atoms with van der Waals surface area (Å²) in [7, 11) is 0. The molecule has 1 N–H and O–H groups in total. The highest BCUT2D eigenvalue weighted by atomic mass is 32.1. The van der Waals surface area contributed by atoms with Crippen molar-refractivity contribution >= 4 is 28.2 Å². The van der Waals surface area contributed by atoms with Crippen LogP contribution in [0.4, 0.5) is 10.9 Å². The Hall–Kier alpha value is -2.06. The number of aromatic nitrogens is 3. The second-order valence-electron chi connectivity index (χ2n) is 5.72. The Bertz CT molecular complexity index is 647. The average molecular weight is 347 g/mol. The van der Waals surface area contributed by atoms with Crippen LogP contribution in [-0.2, 0) is 4.74 Å². The molecule has 0 spiro atoms. The summed E-state index contributed by atoms with van der Waals surface area (Å²) in [5.41, 5.74) is 2.09. The molecule has 2 aromatic heterocycles. The second-order valence-corrected chi connectivity index (χ2v) is 6.55. The summed E-state index contributed by atoms with van der Waals surface area (Å²) in [6.07, 6.45) is 3.94. The van der Waals surface area contributed by atoms with Crippen molar-refractivity contribution in [2.24, 2.45) is 5.92 Å². The van der Waals surface area contributed by atoms with E-state index in [1.165, 1.54) is 17.8 Å². The van der Waals surface area contributed by atoms with E-state index in [1.54, 1.807) is 17.8 Å². The minimum Gasteiger partial charge on any atom is -0.381 e. The van der Waals surface area contributed by atoms with Gasteiger partial charge in [0.15, 0.2) is 0 Å². The number of nitrogens with one attached hydrogen (secondary N) is 1. The zero-order valence-electron chi connectivity index (χ0n) is 13.6. The Kier molecular flexibility index (Phi) is 5.71. The maximum atomic E-state index is 12.1. The third-order valence-electron chi connectivity index (χ3n) is 3.99. The Morgan fingerprint density at radius 2 is 2.42 bits per heavy atom. The largest absolute Gasteiger partial charge is 0.381 e. The van der Waals surface area contributed by atoms with Crippen LogP contribution >= 0.6 is 11.3 Å². The van der Waals surface area contributed by atoms with E-state index in [-0.39, 0.29) is 5.91 Å². The van der Waals surface area contributed by atoms with Gasteiger partial charge in [0.25, 0.3) is 5.91 Å². The van der Waals surface area contributed by atoms with E-state index >= 15 is 0 Å². The highest BCUT2D eigenvalue weighted by molar-refractivity contribution is 7.13. The SMILES string of the molecule is CCOCC1CCCN(c2ccc(C(=O)Nc3nncs3)cn2)C1. The van der Waals surface area contributed by atoms with Crippen LogP contribution < -0.4 is 10.2 Å². The monoisotopic (exact) mass is 347 g/mol. The summed E-state index contributed by atoms with van der Waals surface area (Å²) < 4.78 is 5.55. The van der Waals surface area contributed by atoms with Crippen LogP contribution in [-0.4, -0.2) is 47.4 Å². The van der Waals surface area contributed by atoms with E-state index < -0.39 is 0 Å². The number of piperidine rings is 1. The Labute approximate surface area is 145 Å². The predicted molar refractivity (Wildman–Crippen MR) is 93.5 cm³/mol. The number of rotatable bonds is 6. The van der Waals surface area contributed by atoms with E-state index in [9.17, 15) is 4.79 Å². The first-order valence-corrected chi connectivity index (χ1v) is 9.00. The molecule has 1 aliphatic heterocycles. The van der Waals surface area contributed by atoms with Gasteiger partial charge in [-0.2, -0.15) is 0 Å². The third kappa shape index (κ3) is 4.27. The van der Waals surface area contributed by atoms with E-state index in [2.05, 4.69) is 25.4 Å². The topological polar surface area (TPSA) is 80.2 Å². The smallest absolute Gasteiger partial charge is 0.259 e. The zero-order chi connectivity index (χ0) is 16.8. The highest BCUT2D eigenvalue weighted by Gasteiger charge is 2.21. The summed E-state index contributed by atoms with van der Waals surface area (Å²) in [5, 5.41) is 10.7. The molecule has 0 aliphatic carbocycles. The van der Waals surface area contributed by atoms with Gasteiger partial charge >= 0.3 is 0 Å². The van der Waals surface area contributed by atoms with Crippen LogP contribution in [0, 0.1) is 5.92 Å². The van der Waals surface area contributed by atoms with Crippen molar-refractivity contribution in [1.29, 1.82) is 0 Å². The highest BCUT2D eigenvalue weighted by Crippen LogP contribution is 2.22. The van der Waals surface area contributed by atoms with Gasteiger partial charge < -0.3 is 9.64 Å². The molecule has 1 amide bonds. The Morgan fingerprint density at radius 1 is 1.50 bits per heavy atom. The maximum Gasteiger partial charge on any atom is 0.259 e. The molecule has 2 aromatic rings. The van der Waals surface area contributed by atoms with Gasteiger partial charge in [0.1, 0.15) is 11.3 Å². The van der Waals surface area contributed by atoms with Gasteiger partial charge in [-0.05, 0) is 37.8 Å². The fourth-order valence-electron chi connectivity index (χ4n) is 2.80. The lowest BCUT2D eigenvalue weighted by atomic mass is 9.99. The summed E-state index contributed by atoms with van der Waals surface area (Å²) in [4.78, 5) is 18.9. The van der Waals surface area contributed by atoms with E-state index in [0.717, 1.165) is 38.5 Å². The first-order chi connectivity index (χ1) is 11.8. The molecule has 0 radical (unpaired) electrons. The molecular formula is C16H21N5O2S. The number of anilines is 2. The Balaban J connectivity index is 1.60. The van der Waals surface area contributed by atoms with Crippen LogP contribution in [0.5, 0.6) is 0 Å². The molecule has 1 aliphatic rings. The minimum absolute atomic E-state index is 0.223. The molecule has 1 unspecified atom stereocenters. The molecule has 24 heavy (non-hydrogen) atoms. The second kappa shape index (κ2) is 8.16. The molecule has 3 rings (SSSR count). The molecular weight excluding hydrogens is 326 g/mol. The predicted octanol–water partition coefficient (Wildman–Crippen LogP) is 2.44. The van der Waals surface area contributed by atoms with E-state index in [1.807, 2.05) is 13.0 Å². The fraction of sp³-hybridized carbons (Fsp3) is 0.500. The number of amides is 1. The van der Waals surface area contributed by atoms with Gasteiger partial charge in [-0.3, -0.25) is 10.1 Å². The normalized spacial score (nSPS) is 17.7. The Morgan fingerprint density at radius 3 is 3.12 bits per heavy atom. The van der Waals surface area contributed by atoms with Crippen molar-refractivity contribution in [3.63, 3.8) is 0 Å². The molecule has 1 saturated heterocycles. The van der Waals surface area contributed by atoms with Crippen molar-refractivity contribution < 1.29 is 9.53 Å². The van der Waals surface area contributed by atoms with Crippen LogP contribution in [0.1, 0.15) is 30.1 Å². The van der Waals surface area contributed by atoms with Crippen LogP contribution in [0.15, 0.2) is 23.8 Å². The average Bonchev–Trinajstić information content (AvgIpc) is 3.13. The van der Waals surface area contributed by atoms with Crippen LogP contribution in [0.3, 0.4) is 0 Å². The summed E-state index contributed by atoms with van der Waals surface area (Å²) in [5.74, 6) is 1.23. The lowest BCUT2D eigenvalue weighted by Gasteiger charge is -2.33. The molecule has 0 saturated carbocycles. The number of carbonyl (C=O) groups excluding carboxylic acids is 1. The molecule has 1 fully saturated rings. The first kappa shape index (κ1) is 16.8. The van der Waals surface area contributed by atoms with Gasteiger partial charge in [-0.15, -0.1) is 10.2 Å². The van der Waals surface area contributed by atoms with Gasteiger partial charge in [-0.25, -0.2) is 4.98 Å². The minimum atomic E-state index is -0.223. The lowest BCUT2D eigenvalue weighted by molar-refractivity contribution is 0.102. The van der Waals surface area contributed by atoms with Gasteiger partial charge in [0.2, 0.25) is 5.13 Å². The lowest BCUT2D eigenvalue weighted by Crippen LogP contribution is -2.37. The van der Waals surface area contributed by atoms with Crippen molar-refractivity contribution in [2.45, 2.75) is 19.8 Å². The van der Waals surface area contributed by atoms with Crippen molar-refractivity contribution in [1.82, 2.24) is 15.2 Å². The number of hydrogen-bond donors (Lipinski definition) is 1. The summed E-state index contributed by atoms with van der Waals surface area (Å²) in [6, 6.07) is 3.70. The number of ether oxygens (including phenoxy) is 1. The fourth-order valence-corrected chi connectivity index (χ4v) is 3.24. The van der Waals surface area contributed by atoms with Crippen LogP contribution in [0.25, 0.3) is 0 Å². The number of pyridine rings is 1. The van der Waals surface area contributed by atoms with E-state index in [0.29, 0.717) is 16.6 Å². The summed E-state index contributed by atoms with van der Waals surface area (Å²) >= 11 is 1.28. The molecule has 0 aromatic carbocycles. The van der Waals surface area contributed by atoms with Crippen LogP contribution in [0.2, 0.25) is 0 Å². The first-order valence-electron chi connectivity index (χ1n) is 8.12. The third-order valence-corrected chi connectivity index (χ3v) is 4.60. The molecule has 3 heterocycles. The summed E-state index contributed by atoms with van der Waals surface area (Å²) in [6.45, 7) is 5.52. The van der Waals surface area contributed by atoms with E-state index in [4.69, 9.17) is 4.74 Å². The maximum absolute atomic E-state index is 12.1. The van der Waals surface area contributed by atoms with Gasteiger partial charge in [0, 0.05) is 25.9 Å². The van der Waals surface area contributed by atoms with Crippen molar-refractivity contribution in [3.05, 3.63) is 29.4 Å². The number of nitrogens with zero attached hydrogens (tertiary/aromatic N) is 4. The standard InChI is InChI=1S/C16H21N5O2S/c1-2-23-10-12-4-3-7-21(9-12)14-6-5-13(8-17-14)15(22)19-16-20-18-11-24-16/h5-6,8,11-12H,2-4,7,9-10H2,1H3,(H,19,20,22). The van der Waals surface area contributed by atoms with Crippen molar-refractivity contribution in [2.75, 3.05) is 36.5 Å². The molecule has 1 atom stereocenters. The molecule has 7 nitrogen and oxygen atoms in total. The molecule has 8 heteroatoms. The molecule has 0 bridgehead atoms. The van der Waals surface area contributed by atoms with Crippen molar-refractivity contribution in [3.8, 4) is 0 Å². The zero-order valence-corrected chi connectivity index (χ0v) is 14.5. The molecule has 128 valence electrons. The van der Waals surface area contributed by atoms with Gasteiger partial charge in [0.05, 0.1) is 12.2 Å². The number of carbonyl (C=O) groups is 1.